The van der Waals surface area contributed by atoms with E-state index in [4.69, 9.17) is 27.9 Å². The van der Waals surface area contributed by atoms with Crippen molar-refractivity contribution in [1.29, 1.82) is 0 Å². The first kappa shape index (κ1) is 13.7. The Hall–Kier alpha value is -1.32. The van der Waals surface area contributed by atoms with Crippen LogP contribution in [0, 0.1) is 19.8 Å². The van der Waals surface area contributed by atoms with E-state index >= 15 is 0 Å². The van der Waals surface area contributed by atoms with Crippen LogP contribution in [0.3, 0.4) is 0 Å². The van der Waals surface area contributed by atoms with E-state index in [1.54, 1.807) is 12.1 Å². The monoisotopic (exact) mass is 309 g/mol. The predicted octanol–water partition coefficient (Wildman–Crippen LogP) is 4.47. The SMILES string of the molecule is Cc1nc2cc(Cl)c(Cl)cc2c(OC(=O)C2CC2)c1C. The highest BCUT2D eigenvalue weighted by Crippen LogP contribution is 2.37. The molecule has 2 aromatic rings. The number of carbonyl (C=O) groups excluding carboxylic acids is 1. The molecule has 3 nitrogen and oxygen atoms in total. The number of aromatic nitrogens is 1. The Morgan fingerprint density at radius 2 is 1.90 bits per heavy atom. The number of pyridine rings is 1. The molecule has 5 heteroatoms. The van der Waals surface area contributed by atoms with Crippen LogP contribution in [0.2, 0.25) is 10.0 Å². The quantitative estimate of drug-likeness (QED) is 0.768. The number of carbonyl (C=O) groups is 1. The number of benzene rings is 1. The minimum Gasteiger partial charge on any atom is -0.425 e. The van der Waals surface area contributed by atoms with Gasteiger partial charge in [-0.2, -0.15) is 0 Å². The van der Waals surface area contributed by atoms with Gasteiger partial charge in [-0.05, 0) is 38.8 Å². The van der Waals surface area contributed by atoms with Gasteiger partial charge in [0, 0.05) is 16.6 Å². The van der Waals surface area contributed by atoms with Crippen molar-refractivity contribution in [3.05, 3.63) is 33.4 Å². The van der Waals surface area contributed by atoms with E-state index in [1.165, 1.54) is 0 Å². The highest BCUT2D eigenvalue weighted by atomic mass is 35.5. The summed E-state index contributed by atoms with van der Waals surface area (Å²) in [6.45, 7) is 3.77. The van der Waals surface area contributed by atoms with Crippen molar-refractivity contribution in [3.63, 3.8) is 0 Å². The topological polar surface area (TPSA) is 39.2 Å². The molecule has 0 amide bonds. The maximum atomic E-state index is 11.9. The van der Waals surface area contributed by atoms with E-state index < -0.39 is 0 Å². The summed E-state index contributed by atoms with van der Waals surface area (Å²) < 4.78 is 5.58. The largest absolute Gasteiger partial charge is 0.425 e. The fourth-order valence-electron chi connectivity index (χ4n) is 2.08. The number of hydrogen-bond donors (Lipinski definition) is 0. The first-order valence-electron chi connectivity index (χ1n) is 6.45. The highest BCUT2D eigenvalue weighted by Gasteiger charge is 2.32. The van der Waals surface area contributed by atoms with Crippen LogP contribution in [0.4, 0.5) is 0 Å². The highest BCUT2D eigenvalue weighted by molar-refractivity contribution is 6.42. The van der Waals surface area contributed by atoms with Crippen molar-refractivity contribution in [2.45, 2.75) is 26.7 Å². The Labute approximate surface area is 126 Å². The summed E-state index contributed by atoms with van der Waals surface area (Å²) in [5, 5.41) is 1.58. The lowest BCUT2D eigenvalue weighted by atomic mass is 10.1. The number of esters is 1. The first-order valence-corrected chi connectivity index (χ1v) is 7.20. The molecule has 104 valence electrons. The molecule has 0 bridgehead atoms. The molecule has 0 saturated heterocycles. The minimum absolute atomic E-state index is 0.0423. The van der Waals surface area contributed by atoms with Gasteiger partial charge < -0.3 is 4.74 Å². The molecule has 1 aliphatic rings. The molecular weight excluding hydrogens is 297 g/mol. The fourth-order valence-corrected chi connectivity index (χ4v) is 2.40. The van der Waals surface area contributed by atoms with Crippen molar-refractivity contribution in [2.75, 3.05) is 0 Å². The van der Waals surface area contributed by atoms with Gasteiger partial charge in [-0.25, -0.2) is 0 Å². The molecule has 1 fully saturated rings. The van der Waals surface area contributed by atoms with E-state index in [0.717, 1.165) is 29.5 Å². The van der Waals surface area contributed by atoms with Crippen molar-refractivity contribution in [3.8, 4) is 5.75 Å². The first-order chi connectivity index (χ1) is 9.47. The average Bonchev–Trinajstić information content (AvgIpc) is 3.22. The molecule has 0 N–H and O–H groups in total. The zero-order valence-corrected chi connectivity index (χ0v) is 12.7. The zero-order valence-electron chi connectivity index (χ0n) is 11.2. The third-order valence-corrected chi connectivity index (χ3v) is 4.29. The summed E-state index contributed by atoms with van der Waals surface area (Å²) in [6.07, 6.45) is 1.82. The summed E-state index contributed by atoms with van der Waals surface area (Å²) in [6, 6.07) is 3.40. The molecular formula is C15H13Cl2NO2. The summed E-state index contributed by atoms with van der Waals surface area (Å²) in [7, 11) is 0. The third kappa shape index (κ3) is 2.36. The Bertz CT molecular complexity index is 718. The summed E-state index contributed by atoms with van der Waals surface area (Å²) >= 11 is 12.1. The third-order valence-electron chi connectivity index (χ3n) is 3.57. The van der Waals surface area contributed by atoms with Gasteiger partial charge in [0.25, 0.3) is 0 Å². The maximum absolute atomic E-state index is 11.9. The van der Waals surface area contributed by atoms with Crippen LogP contribution in [0.5, 0.6) is 5.75 Å². The molecule has 1 aromatic carbocycles. The van der Waals surface area contributed by atoms with E-state index in [2.05, 4.69) is 4.98 Å². The van der Waals surface area contributed by atoms with E-state index in [1.807, 2.05) is 13.8 Å². The van der Waals surface area contributed by atoms with Gasteiger partial charge >= 0.3 is 5.97 Å². The number of nitrogens with zero attached hydrogens (tertiary/aromatic N) is 1. The lowest BCUT2D eigenvalue weighted by Crippen LogP contribution is -2.11. The van der Waals surface area contributed by atoms with Crippen LogP contribution < -0.4 is 4.74 Å². The second kappa shape index (κ2) is 4.90. The van der Waals surface area contributed by atoms with Crippen molar-refractivity contribution in [2.24, 2.45) is 5.92 Å². The van der Waals surface area contributed by atoms with Gasteiger partial charge in [-0.1, -0.05) is 23.2 Å². The number of halogens is 2. The van der Waals surface area contributed by atoms with Gasteiger partial charge in [-0.3, -0.25) is 9.78 Å². The van der Waals surface area contributed by atoms with Gasteiger partial charge in [0.05, 0.1) is 21.5 Å². The van der Waals surface area contributed by atoms with E-state index in [0.29, 0.717) is 21.3 Å². The molecule has 0 spiro atoms. The zero-order chi connectivity index (χ0) is 14.4. The smallest absolute Gasteiger partial charge is 0.314 e. The van der Waals surface area contributed by atoms with Gasteiger partial charge in [0.15, 0.2) is 0 Å². The number of hydrogen-bond acceptors (Lipinski definition) is 3. The van der Waals surface area contributed by atoms with Crippen LogP contribution in [0.15, 0.2) is 12.1 Å². The average molecular weight is 310 g/mol. The van der Waals surface area contributed by atoms with Crippen molar-refractivity contribution >= 4 is 40.1 Å². The number of aryl methyl sites for hydroxylation is 1. The lowest BCUT2D eigenvalue weighted by Gasteiger charge is -2.13. The van der Waals surface area contributed by atoms with Crippen molar-refractivity contribution in [1.82, 2.24) is 4.98 Å². The number of ether oxygens (including phenoxy) is 1. The summed E-state index contributed by atoms with van der Waals surface area (Å²) in [5.74, 6) is 0.412. The van der Waals surface area contributed by atoms with Crippen LogP contribution in [-0.2, 0) is 4.79 Å². The fraction of sp³-hybridized carbons (Fsp3) is 0.333. The molecule has 1 aromatic heterocycles. The molecule has 0 atom stereocenters. The molecule has 1 aliphatic carbocycles. The van der Waals surface area contributed by atoms with Crippen LogP contribution in [0.25, 0.3) is 10.9 Å². The number of fused-ring (bicyclic) bond motifs is 1. The second-order valence-corrected chi connectivity index (χ2v) is 5.94. The molecule has 20 heavy (non-hydrogen) atoms. The molecule has 3 rings (SSSR count). The van der Waals surface area contributed by atoms with Gasteiger partial charge in [0.2, 0.25) is 0 Å². The molecule has 0 radical (unpaired) electrons. The number of rotatable bonds is 2. The Morgan fingerprint density at radius 1 is 1.25 bits per heavy atom. The van der Waals surface area contributed by atoms with Crippen molar-refractivity contribution < 1.29 is 9.53 Å². The van der Waals surface area contributed by atoms with Gasteiger partial charge in [-0.15, -0.1) is 0 Å². The van der Waals surface area contributed by atoms with Crippen LogP contribution in [0.1, 0.15) is 24.1 Å². The maximum Gasteiger partial charge on any atom is 0.314 e. The Morgan fingerprint density at radius 3 is 2.55 bits per heavy atom. The van der Waals surface area contributed by atoms with E-state index in [-0.39, 0.29) is 11.9 Å². The molecule has 1 saturated carbocycles. The minimum atomic E-state index is -0.175. The molecule has 0 aliphatic heterocycles. The Balaban J connectivity index is 2.18. The van der Waals surface area contributed by atoms with E-state index in [9.17, 15) is 4.79 Å². The standard InChI is InChI=1S/C15H13Cl2NO2/c1-7-8(2)18-13-6-12(17)11(16)5-10(13)14(7)20-15(19)9-3-4-9/h5-6,9H,3-4H2,1-2H3. The Kier molecular flexibility index (Phi) is 3.35. The van der Waals surface area contributed by atoms with Gasteiger partial charge in [0.1, 0.15) is 5.75 Å². The normalized spacial score (nSPS) is 14.6. The second-order valence-electron chi connectivity index (χ2n) is 5.13. The van der Waals surface area contributed by atoms with Crippen LogP contribution in [-0.4, -0.2) is 11.0 Å². The summed E-state index contributed by atoms with van der Waals surface area (Å²) in [4.78, 5) is 16.4. The molecule has 1 heterocycles. The predicted molar refractivity (Wildman–Crippen MR) is 79.6 cm³/mol. The summed E-state index contributed by atoms with van der Waals surface area (Å²) in [5.41, 5.74) is 2.35. The lowest BCUT2D eigenvalue weighted by molar-refractivity contribution is -0.135. The van der Waals surface area contributed by atoms with Crippen LogP contribution >= 0.6 is 23.2 Å². The molecule has 0 unspecified atom stereocenters.